The number of fused-ring (bicyclic) bond motifs is 1. The number of β-lactam (4-membered cyclic amide) rings is 1. The summed E-state index contributed by atoms with van der Waals surface area (Å²) in [6, 6.07) is 3.23. The number of aryl methyl sites for hydroxylation is 1. The molecule has 0 bridgehead atoms. The molecule has 2 aliphatic heterocycles. The van der Waals surface area contributed by atoms with Gasteiger partial charge in [0.05, 0.1) is 22.6 Å². The molecule has 4 atom stereocenters. The number of ether oxygens (including phenoxy) is 1. The Morgan fingerprint density at radius 2 is 1.87 bits per heavy atom. The van der Waals surface area contributed by atoms with Crippen LogP contribution in [0.3, 0.4) is 0 Å². The van der Waals surface area contributed by atoms with E-state index in [4.69, 9.17) is 48.9 Å². The highest BCUT2D eigenvalue weighted by atomic mass is 35.5. The fourth-order valence-corrected chi connectivity index (χ4v) is 8.45. The van der Waals surface area contributed by atoms with Crippen LogP contribution in [-0.4, -0.2) is 101 Å². The van der Waals surface area contributed by atoms with Crippen LogP contribution in [0.4, 0.5) is 9.93 Å². The molecule has 21 heteroatoms. The first-order chi connectivity index (χ1) is 24.9. The number of ketones is 2. The van der Waals surface area contributed by atoms with Crippen LogP contribution in [0.1, 0.15) is 60.8 Å². The van der Waals surface area contributed by atoms with Crippen LogP contribution in [0.2, 0.25) is 5.02 Å². The summed E-state index contributed by atoms with van der Waals surface area (Å²) in [5, 5.41) is 6.87. The molecule has 1 aromatic heterocycles. The second-order valence-corrected chi connectivity index (χ2v) is 15.9. The molecule has 1 aromatic carbocycles. The number of rotatable bonds is 14. The number of nitrogens with one attached hydrogen (secondary N) is 1. The molecule has 4 rings (SSSR count). The van der Waals surface area contributed by atoms with Gasteiger partial charge in [-0.25, -0.2) is 14.6 Å². The average molecular weight is 805 g/mol. The standard InChI is InChI=1S/C32H32B2Cl2N4O11S2/c1-14-6-7-18(23(36)15(14)2)21(41)8-16(28(44)50-33)11-48-39-24(20-12-52-30(37-20)38-31(46)49-32(3,4)5)22(42)9-19-26(43)40-25(29(45)51-34)17(10-35)13-53(47)27(19)40/h6-7,12,16,19,27H,8-11,13H2,1-5H3,(H,37,38,46)/b39-24-/t16-,19+,27+,53?/m0/s1. The molecule has 53 heavy (non-hydrogen) atoms. The van der Waals surface area contributed by atoms with Gasteiger partial charge < -0.3 is 18.9 Å². The molecule has 0 aliphatic carbocycles. The maximum atomic E-state index is 13.9. The Kier molecular flexibility index (Phi) is 13.7. The Bertz CT molecular complexity index is 1930. The van der Waals surface area contributed by atoms with E-state index in [1.54, 1.807) is 33.8 Å². The summed E-state index contributed by atoms with van der Waals surface area (Å²) in [5.74, 6) is -7.03. The van der Waals surface area contributed by atoms with Crippen LogP contribution < -0.4 is 5.32 Å². The molecule has 2 aliphatic rings. The summed E-state index contributed by atoms with van der Waals surface area (Å²) < 4.78 is 27.1. The molecule has 1 saturated heterocycles. The van der Waals surface area contributed by atoms with Crippen LogP contribution in [0.15, 0.2) is 33.9 Å². The topological polar surface area (TPSA) is 197 Å². The molecule has 0 spiro atoms. The zero-order valence-electron chi connectivity index (χ0n) is 29.1. The van der Waals surface area contributed by atoms with Crippen LogP contribution in [0.5, 0.6) is 0 Å². The lowest BCUT2D eigenvalue weighted by Crippen LogP contribution is -2.66. The number of thiazole rings is 1. The zero-order valence-corrected chi connectivity index (χ0v) is 32.2. The van der Waals surface area contributed by atoms with E-state index < -0.39 is 94.3 Å². The number of carbonyl (C=O) groups is 6. The number of aromatic nitrogens is 1. The lowest BCUT2D eigenvalue weighted by Gasteiger charge is -2.49. The number of alkyl halides is 1. The molecule has 1 fully saturated rings. The lowest BCUT2D eigenvalue weighted by atomic mass is 9.89. The van der Waals surface area contributed by atoms with Gasteiger partial charge >= 0.3 is 28.2 Å². The summed E-state index contributed by atoms with van der Waals surface area (Å²) >= 11 is 13.2. The Morgan fingerprint density at radius 1 is 1.17 bits per heavy atom. The number of benzene rings is 1. The van der Waals surface area contributed by atoms with Gasteiger partial charge in [0.1, 0.15) is 29.0 Å². The van der Waals surface area contributed by atoms with Gasteiger partial charge in [0.25, 0.3) is 5.97 Å². The Hall–Kier alpha value is -4.06. The van der Waals surface area contributed by atoms with Crippen molar-refractivity contribution in [1.29, 1.82) is 0 Å². The third-order valence-corrected chi connectivity index (χ3v) is 11.3. The largest absolute Gasteiger partial charge is 0.543 e. The van der Waals surface area contributed by atoms with Gasteiger partial charge in [-0.3, -0.25) is 33.6 Å². The first kappa shape index (κ1) is 41.7. The van der Waals surface area contributed by atoms with Crippen LogP contribution in [0.25, 0.3) is 0 Å². The van der Waals surface area contributed by atoms with E-state index in [2.05, 4.69) is 24.8 Å². The SMILES string of the molecule is [B]OC(=O)C1=C(CCl)CS(=O)[C@@H]2[C@H](CC(=O)/C(=N\OC[C@H](CC(=O)c3ccc(C)c(C)c3Cl)C(=O)O[B])c3csc(NC(=O)OC(C)(C)C)n3)C(=O)N12. The van der Waals surface area contributed by atoms with Crippen LogP contribution >= 0.6 is 34.5 Å². The van der Waals surface area contributed by atoms with Crippen molar-refractivity contribution in [2.75, 3.05) is 23.6 Å². The minimum Gasteiger partial charge on any atom is -0.543 e. The minimum atomic E-state index is -1.77. The highest BCUT2D eigenvalue weighted by Crippen LogP contribution is 2.41. The number of carbonyl (C=O) groups excluding carboxylic acids is 6. The van der Waals surface area contributed by atoms with Crippen molar-refractivity contribution in [1.82, 2.24) is 9.88 Å². The first-order valence-electron chi connectivity index (χ1n) is 15.7. The maximum absolute atomic E-state index is 13.9. The zero-order chi connectivity index (χ0) is 39.4. The Labute approximate surface area is 323 Å². The van der Waals surface area contributed by atoms with E-state index in [9.17, 15) is 33.0 Å². The number of hydrogen-bond acceptors (Lipinski definition) is 14. The van der Waals surface area contributed by atoms with Crippen molar-refractivity contribution in [3.05, 3.63) is 56.2 Å². The van der Waals surface area contributed by atoms with Gasteiger partial charge in [0.15, 0.2) is 22.4 Å². The molecular weight excluding hydrogens is 773 g/mol. The molecule has 2 amide bonds. The van der Waals surface area contributed by atoms with Crippen molar-refractivity contribution in [2.24, 2.45) is 17.0 Å². The lowest BCUT2D eigenvalue weighted by molar-refractivity contribution is -0.153. The van der Waals surface area contributed by atoms with E-state index in [1.165, 1.54) is 11.4 Å². The number of oxime groups is 1. The normalized spacial score (nSPS) is 19.1. The van der Waals surface area contributed by atoms with Crippen LogP contribution in [-0.2, 0) is 48.9 Å². The predicted octanol–water partition coefficient (Wildman–Crippen LogP) is 3.62. The molecule has 15 nitrogen and oxygen atoms in total. The molecule has 0 saturated carbocycles. The highest BCUT2D eigenvalue weighted by Gasteiger charge is 2.57. The number of anilines is 1. The summed E-state index contributed by atoms with van der Waals surface area (Å²) in [5.41, 5.74) is 0.250. The summed E-state index contributed by atoms with van der Waals surface area (Å²) in [6.45, 7) is 7.94. The Balaban J connectivity index is 1.61. The smallest absolute Gasteiger partial charge is 0.413 e. The van der Waals surface area contributed by atoms with Gasteiger partial charge in [-0.2, -0.15) is 0 Å². The third kappa shape index (κ3) is 9.55. The predicted molar refractivity (Wildman–Crippen MR) is 196 cm³/mol. The van der Waals surface area contributed by atoms with Gasteiger partial charge in [-0.1, -0.05) is 22.8 Å². The third-order valence-electron chi connectivity index (χ3n) is 8.07. The molecule has 2 aromatic rings. The number of halogens is 2. The molecule has 4 radical (unpaired) electrons. The monoisotopic (exact) mass is 804 g/mol. The second kappa shape index (κ2) is 17.4. The molecule has 1 unspecified atom stereocenters. The molecule has 1 N–H and O–H groups in total. The average Bonchev–Trinajstić information content (AvgIpc) is 3.55. The second-order valence-electron chi connectivity index (χ2n) is 12.9. The summed E-state index contributed by atoms with van der Waals surface area (Å²) in [4.78, 5) is 88.3. The van der Waals surface area contributed by atoms with Crippen molar-refractivity contribution in [3.63, 3.8) is 0 Å². The van der Waals surface area contributed by atoms with Crippen molar-refractivity contribution in [2.45, 2.75) is 58.4 Å². The number of Topliss-reactive ketones (excluding diaryl/α,β-unsaturated/α-hetero) is 2. The van der Waals surface area contributed by atoms with E-state index in [-0.39, 0.29) is 44.3 Å². The number of amides is 2. The first-order valence-corrected chi connectivity index (χ1v) is 18.9. The molecule has 3 heterocycles. The summed E-state index contributed by atoms with van der Waals surface area (Å²) in [6.07, 6.45) is -1.85. The number of hydrogen-bond donors (Lipinski definition) is 1. The van der Waals surface area contributed by atoms with E-state index in [0.29, 0.717) is 5.56 Å². The van der Waals surface area contributed by atoms with Crippen molar-refractivity contribution >= 4 is 108 Å². The minimum absolute atomic E-state index is 0.0122. The van der Waals surface area contributed by atoms with E-state index in [1.807, 2.05) is 6.92 Å². The van der Waals surface area contributed by atoms with Gasteiger partial charge in [-0.05, 0) is 57.4 Å². The number of nitrogens with zero attached hydrogens (tertiary/aromatic N) is 3. The fraction of sp³-hybridized carbons (Fsp3) is 0.438. The van der Waals surface area contributed by atoms with Gasteiger partial charge in [0, 0.05) is 40.5 Å². The maximum Gasteiger partial charge on any atom is 0.413 e. The van der Waals surface area contributed by atoms with Crippen LogP contribution in [0, 0.1) is 25.7 Å². The van der Waals surface area contributed by atoms with Gasteiger partial charge in [0.2, 0.25) is 5.91 Å². The van der Waals surface area contributed by atoms with E-state index in [0.717, 1.165) is 21.8 Å². The van der Waals surface area contributed by atoms with E-state index >= 15 is 0 Å². The molecular formula is C32H32B2Cl2N4O11S2. The quantitative estimate of drug-likeness (QED) is 0.0729. The van der Waals surface area contributed by atoms with Gasteiger partial charge in [-0.15, -0.1) is 22.9 Å². The van der Waals surface area contributed by atoms with Crippen molar-refractivity contribution < 1.29 is 51.9 Å². The summed E-state index contributed by atoms with van der Waals surface area (Å²) in [7, 11) is 8.42. The molecule has 278 valence electrons. The highest BCUT2D eigenvalue weighted by molar-refractivity contribution is 7.86. The fourth-order valence-electron chi connectivity index (χ4n) is 5.34. The van der Waals surface area contributed by atoms with Crippen molar-refractivity contribution in [3.8, 4) is 0 Å². The Morgan fingerprint density at radius 3 is 2.49 bits per heavy atom.